The van der Waals surface area contributed by atoms with Gasteiger partial charge in [-0.1, -0.05) is 39.0 Å². The van der Waals surface area contributed by atoms with Gasteiger partial charge in [-0.2, -0.15) is 0 Å². The number of hydrogen-bond donors (Lipinski definition) is 0. The smallest absolute Gasteiger partial charge is 0.0650 e. The largest absolute Gasteiger partial charge is 0.305 e. The molecule has 0 aliphatic rings. The standard InChI is InChI=1S/C8H17IOS/c1-2-3-4-5-6-7-8-10-11-9/h2-8H2,1H3. The fourth-order valence-electron chi connectivity index (χ4n) is 0.973. The summed E-state index contributed by atoms with van der Waals surface area (Å²) in [5.74, 6) is 0. The van der Waals surface area contributed by atoms with E-state index in [1.54, 1.807) is 0 Å². The van der Waals surface area contributed by atoms with Crippen LogP contribution in [0.2, 0.25) is 0 Å². The van der Waals surface area contributed by atoms with Gasteiger partial charge in [-0.05, 0) is 6.42 Å². The lowest BCUT2D eigenvalue weighted by Crippen LogP contribution is -1.85. The van der Waals surface area contributed by atoms with Gasteiger partial charge in [-0.3, -0.25) is 0 Å². The second-order valence-corrected chi connectivity index (χ2v) is 4.09. The van der Waals surface area contributed by atoms with Crippen LogP contribution in [-0.2, 0) is 4.18 Å². The maximum atomic E-state index is 5.14. The quantitative estimate of drug-likeness (QED) is 0.373. The van der Waals surface area contributed by atoms with Crippen LogP contribution in [0.5, 0.6) is 0 Å². The van der Waals surface area contributed by atoms with E-state index >= 15 is 0 Å². The molecule has 0 radical (unpaired) electrons. The second kappa shape index (κ2) is 11.0. The lowest BCUT2D eigenvalue weighted by atomic mass is 10.1. The molecule has 0 saturated heterocycles. The Bertz CT molecular complexity index is 63.1. The fraction of sp³-hybridized carbons (Fsp3) is 1.00. The summed E-state index contributed by atoms with van der Waals surface area (Å²) in [4.78, 5) is 0. The molecule has 0 N–H and O–H groups in total. The van der Waals surface area contributed by atoms with Gasteiger partial charge in [0, 0.05) is 21.2 Å². The van der Waals surface area contributed by atoms with Crippen molar-refractivity contribution in [2.75, 3.05) is 6.61 Å². The fourth-order valence-corrected chi connectivity index (χ4v) is 1.69. The predicted octanol–water partition coefficient (Wildman–Crippen LogP) is 4.36. The van der Waals surface area contributed by atoms with Gasteiger partial charge < -0.3 is 4.18 Å². The van der Waals surface area contributed by atoms with Gasteiger partial charge in [0.15, 0.2) is 0 Å². The molecule has 0 heterocycles. The molecule has 0 aliphatic heterocycles. The predicted molar refractivity (Wildman–Crippen MR) is 60.9 cm³/mol. The van der Waals surface area contributed by atoms with Crippen molar-refractivity contribution in [2.45, 2.75) is 45.4 Å². The Hall–Kier alpha value is 1.04. The lowest BCUT2D eigenvalue weighted by Gasteiger charge is -1.98. The first-order valence-corrected chi connectivity index (χ1v) is 7.60. The summed E-state index contributed by atoms with van der Waals surface area (Å²) in [6.45, 7) is 3.16. The Morgan fingerprint density at radius 1 is 1.09 bits per heavy atom. The topological polar surface area (TPSA) is 9.23 Å². The summed E-state index contributed by atoms with van der Waals surface area (Å²) >= 11 is 2.16. The zero-order chi connectivity index (χ0) is 8.36. The first-order chi connectivity index (χ1) is 5.41. The van der Waals surface area contributed by atoms with E-state index in [0.29, 0.717) is 0 Å². The molecule has 0 aromatic heterocycles. The van der Waals surface area contributed by atoms with Crippen molar-refractivity contribution in [1.82, 2.24) is 0 Å². The third-order valence-electron chi connectivity index (χ3n) is 1.63. The molecule has 3 heteroatoms. The summed E-state index contributed by atoms with van der Waals surface area (Å²) in [6.07, 6.45) is 8.05. The minimum atomic E-state index is 0.916. The number of halogens is 1. The van der Waals surface area contributed by atoms with Crippen LogP contribution in [0.4, 0.5) is 0 Å². The van der Waals surface area contributed by atoms with Gasteiger partial charge in [0.2, 0.25) is 0 Å². The van der Waals surface area contributed by atoms with E-state index in [2.05, 4.69) is 28.1 Å². The monoisotopic (exact) mass is 288 g/mol. The second-order valence-electron chi connectivity index (χ2n) is 2.65. The van der Waals surface area contributed by atoms with E-state index < -0.39 is 0 Å². The summed E-state index contributed by atoms with van der Waals surface area (Å²) in [5.41, 5.74) is 0. The van der Waals surface area contributed by atoms with E-state index in [4.69, 9.17) is 4.18 Å². The highest BCUT2D eigenvalue weighted by molar-refractivity contribution is 14.2. The molecule has 0 amide bonds. The molecule has 11 heavy (non-hydrogen) atoms. The van der Waals surface area contributed by atoms with E-state index in [-0.39, 0.29) is 0 Å². The van der Waals surface area contributed by atoms with Crippen molar-refractivity contribution in [3.05, 3.63) is 0 Å². The summed E-state index contributed by atoms with van der Waals surface area (Å²) in [6, 6.07) is 0. The molecule has 0 rings (SSSR count). The normalized spacial score (nSPS) is 10.4. The van der Waals surface area contributed by atoms with Crippen molar-refractivity contribution < 1.29 is 4.18 Å². The highest BCUT2D eigenvalue weighted by Gasteiger charge is 1.89. The molecular formula is C8H17IOS. The molecule has 0 unspecified atom stereocenters. The van der Waals surface area contributed by atoms with Crippen molar-refractivity contribution in [2.24, 2.45) is 0 Å². The Morgan fingerprint density at radius 2 is 1.73 bits per heavy atom. The minimum absolute atomic E-state index is 0.916. The first-order valence-electron chi connectivity index (χ1n) is 4.32. The van der Waals surface area contributed by atoms with Crippen LogP contribution in [-0.4, -0.2) is 6.61 Å². The average molecular weight is 288 g/mol. The molecule has 0 bridgehead atoms. The molecule has 0 aromatic rings. The van der Waals surface area contributed by atoms with Gasteiger partial charge >= 0.3 is 0 Å². The molecule has 0 atom stereocenters. The molecule has 1 nitrogen and oxygen atoms in total. The number of unbranched alkanes of at least 4 members (excludes halogenated alkanes) is 5. The maximum absolute atomic E-state index is 5.14. The number of hydrogen-bond acceptors (Lipinski definition) is 2. The van der Waals surface area contributed by atoms with Gasteiger partial charge in [0.25, 0.3) is 0 Å². The molecule has 0 spiro atoms. The van der Waals surface area contributed by atoms with E-state index in [1.165, 1.54) is 47.7 Å². The minimum Gasteiger partial charge on any atom is -0.305 e. The van der Waals surface area contributed by atoms with Crippen LogP contribution < -0.4 is 0 Å². The Kier molecular flexibility index (Phi) is 12.1. The van der Waals surface area contributed by atoms with E-state index in [9.17, 15) is 0 Å². The highest BCUT2D eigenvalue weighted by Crippen LogP contribution is 2.13. The molecule has 0 aromatic carbocycles. The van der Waals surface area contributed by atoms with Crippen molar-refractivity contribution in [1.29, 1.82) is 0 Å². The van der Waals surface area contributed by atoms with Crippen LogP contribution in [0.15, 0.2) is 0 Å². The van der Waals surface area contributed by atoms with E-state index in [1.807, 2.05) is 0 Å². The third-order valence-corrected chi connectivity index (χ3v) is 2.64. The van der Waals surface area contributed by atoms with Gasteiger partial charge in [-0.15, -0.1) is 0 Å². The lowest BCUT2D eigenvalue weighted by molar-refractivity contribution is 0.361. The summed E-state index contributed by atoms with van der Waals surface area (Å²) in [5, 5.41) is 0. The average Bonchev–Trinajstić information content (AvgIpc) is 2.03. The summed E-state index contributed by atoms with van der Waals surface area (Å²) < 4.78 is 5.14. The van der Waals surface area contributed by atoms with Crippen LogP contribution in [0.1, 0.15) is 45.4 Å². The molecule has 68 valence electrons. The molecule has 0 aliphatic carbocycles. The molecule has 0 saturated carbocycles. The van der Waals surface area contributed by atoms with E-state index in [0.717, 1.165) is 6.61 Å². The Morgan fingerprint density at radius 3 is 2.36 bits per heavy atom. The zero-order valence-electron chi connectivity index (χ0n) is 7.14. The SMILES string of the molecule is CCCCCCCCOSI. The Balaban J connectivity index is 2.69. The van der Waals surface area contributed by atoms with Crippen LogP contribution >= 0.6 is 30.4 Å². The van der Waals surface area contributed by atoms with Crippen molar-refractivity contribution in [3.63, 3.8) is 0 Å². The van der Waals surface area contributed by atoms with Crippen LogP contribution in [0.25, 0.3) is 0 Å². The van der Waals surface area contributed by atoms with Gasteiger partial charge in [0.05, 0.1) is 15.8 Å². The Labute approximate surface area is 86.4 Å². The maximum Gasteiger partial charge on any atom is 0.0650 e. The third kappa shape index (κ3) is 11.0. The van der Waals surface area contributed by atoms with Crippen LogP contribution in [0, 0.1) is 0 Å². The van der Waals surface area contributed by atoms with Crippen molar-refractivity contribution in [3.8, 4) is 0 Å². The van der Waals surface area contributed by atoms with Crippen LogP contribution in [0.3, 0.4) is 0 Å². The molecular weight excluding hydrogens is 271 g/mol. The molecule has 0 fully saturated rings. The highest BCUT2D eigenvalue weighted by atomic mass is 127. The summed E-state index contributed by atoms with van der Waals surface area (Å²) in [7, 11) is 1.44. The first kappa shape index (κ1) is 12.0. The zero-order valence-corrected chi connectivity index (χ0v) is 10.1. The van der Waals surface area contributed by atoms with Gasteiger partial charge in [0.1, 0.15) is 0 Å². The van der Waals surface area contributed by atoms with Gasteiger partial charge in [-0.25, -0.2) is 0 Å². The van der Waals surface area contributed by atoms with Crippen molar-refractivity contribution >= 4 is 30.4 Å². The number of rotatable bonds is 8.